The molecular formula is C9H11BrN4O. The van der Waals surface area contributed by atoms with Crippen LogP contribution in [0.25, 0.3) is 0 Å². The minimum atomic E-state index is -0.216. The smallest absolute Gasteiger partial charge is 0.276 e. The lowest BCUT2D eigenvalue weighted by Crippen LogP contribution is -2.17. The van der Waals surface area contributed by atoms with Gasteiger partial charge in [0.25, 0.3) is 5.56 Å². The highest BCUT2D eigenvalue weighted by molar-refractivity contribution is 9.10. The lowest BCUT2D eigenvalue weighted by atomic mass is 10.4. The van der Waals surface area contributed by atoms with E-state index < -0.39 is 0 Å². The first-order valence-electron chi connectivity index (χ1n) is 4.13. The first-order chi connectivity index (χ1) is 7.04. The molecule has 5 nitrogen and oxygen atoms in total. The average Bonchev–Trinajstić information content (AvgIpc) is 2.13. The minimum absolute atomic E-state index is 0.188. The van der Waals surface area contributed by atoms with Crippen LogP contribution in [0.5, 0.6) is 0 Å². The van der Waals surface area contributed by atoms with E-state index >= 15 is 0 Å². The number of nitrogens with two attached hydrogens (primary N) is 2. The van der Waals surface area contributed by atoms with Crippen LogP contribution in [0.1, 0.15) is 0 Å². The Morgan fingerprint density at radius 2 is 2.33 bits per heavy atom. The third-order valence-electron chi connectivity index (χ3n) is 1.65. The Morgan fingerprint density at radius 1 is 1.67 bits per heavy atom. The number of nitrogens with zero attached hydrogens (tertiary/aromatic N) is 2. The Labute approximate surface area is 95.2 Å². The highest BCUT2D eigenvalue weighted by Crippen LogP contribution is 2.13. The summed E-state index contributed by atoms with van der Waals surface area (Å²) in [5.41, 5.74) is 10.7. The van der Waals surface area contributed by atoms with E-state index in [1.54, 1.807) is 19.3 Å². The van der Waals surface area contributed by atoms with Crippen LogP contribution in [0.4, 0.5) is 5.69 Å². The Hall–Kier alpha value is -1.56. The Bertz CT molecular complexity index is 475. The van der Waals surface area contributed by atoms with Gasteiger partial charge in [0.2, 0.25) is 0 Å². The fraction of sp³-hybridized carbons (Fsp3) is 0.111. The summed E-state index contributed by atoms with van der Waals surface area (Å²) in [6, 6.07) is 1.60. The van der Waals surface area contributed by atoms with Crippen molar-refractivity contribution < 1.29 is 0 Å². The molecule has 15 heavy (non-hydrogen) atoms. The molecule has 80 valence electrons. The summed E-state index contributed by atoms with van der Waals surface area (Å²) in [6.45, 7) is 0. The molecule has 0 spiro atoms. The van der Waals surface area contributed by atoms with Gasteiger partial charge in [-0.2, -0.15) is 0 Å². The topological polar surface area (TPSA) is 86.4 Å². The highest BCUT2D eigenvalue weighted by Gasteiger charge is 2.01. The second-order valence-electron chi connectivity index (χ2n) is 2.86. The summed E-state index contributed by atoms with van der Waals surface area (Å²) in [6.07, 6.45) is 4.33. The summed E-state index contributed by atoms with van der Waals surface area (Å²) in [7, 11) is 1.64. The van der Waals surface area contributed by atoms with Gasteiger partial charge in [0.05, 0.1) is 0 Å². The third kappa shape index (κ3) is 2.95. The average molecular weight is 271 g/mol. The number of amidine groups is 1. The fourth-order valence-corrected chi connectivity index (χ4v) is 1.53. The van der Waals surface area contributed by atoms with E-state index in [1.807, 2.05) is 0 Å². The molecule has 0 amide bonds. The molecule has 0 bridgehead atoms. The van der Waals surface area contributed by atoms with Crippen molar-refractivity contribution in [1.29, 1.82) is 0 Å². The number of rotatable bonds is 2. The van der Waals surface area contributed by atoms with Gasteiger partial charge in [-0.15, -0.1) is 0 Å². The number of halogens is 1. The van der Waals surface area contributed by atoms with E-state index in [2.05, 4.69) is 20.9 Å². The van der Waals surface area contributed by atoms with Crippen molar-refractivity contribution in [2.75, 3.05) is 0 Å². The highest BCUT2D eigenvalue weighted by atomic mass is 79.9. The standard InChI is InChI=1S/C9H11BrN4O/c1-14-5-6(10)4-7(9(14)15)13-8(12)2-3-11/h2-5H,11H2,1H3,(H2,12,13)/b3-2-. The predicted molar refractivity (Wildman–Crippen MR) is 64.0 cm³/mol. The van der Waals surface area contributed by atoms with Gasteiger partial charge in [-0.3, -0.25) is 4.79 Å². The number of aryl methyl sites for hydroxylation is 1. The van der Waals surface area contributed by atoms with Crippen LogP contribution in [0.2, 0.25) is 0 Å². The zero-order valence-electron chi connectivity index (χ0n) is 8.14. The monoisotopic (exact) mass is 270 g/mol. The first-order valence-corrected chi connectivity index (χ1v) is 4.92. The third-order valence-corrected chi connectivity index (χ3v) is 2.08. The van der Waals surface area contributed by atoms with Crippen LogP contribution in [0, 0.1) is 0 Å². The van der Waals surface area contributed by atoms with Gasteiger partial charge < -0.3 is 16.0 Å². The van der Waals surface area contributed by atoms with Crippen LogP contribution >= 0.6 is 15.9 Å². The van der Waals surface area contributed by atoms with Gasteiger partial charge in [0, 0.05) is 17.7 Å². The maximum absolute atomic E-state index is 11.6. The van der Waals surface area contributed by atoms with Crippen LogP contribution in [0.3, 0.4) is 0 Å². The summed E-state index contributed by atoms with van der Waals surface area (Å²) in [5.74, 6) is 0.188. The maximum Gasteiger partial charge on any atom is 0.276 e. The number of pyridine rings is 1. The lowest BCUT2D eigenvalue weighted by molar-refractivity contribution is 0.856. The van der Waals surface area contributed by atoms with Crippen molar-refractivity contribution in [2.45, 2.75) is 0 Å². The van der Waals surface area contributed by atoms with Gasteiger partial charge in [-0.25, -0.2) is 4.99 Å². The molecule has 0 aliphatic rings. The van der Waals surface area contributed by atoms with Gasteiger partial charge in [-0.05, 0) is 34.3 Å². The molecule has 1 heterocycles. The molecule has 0 fully saturated rings. The van der Waals surface area contributed by atoms with Crippen molar-refractivity contribution in [2.24, 2.45) is 23.5 Å². The van der Waals surface area contributed by atoms with Crippen molar-refractivity contribution in [3.63, 3.8) is 0 Å². The summed E-state index contributed by atoms with van der Waals surface area (Å²) < 4.78 is 2.18. The van der Waals surface area contributed by atoms with Crippen LogP contribution in [-0.4, -0.2) is 10.4 Å². The van der Waals surface area contributed by atoms with Crippen LogP contribution in [-0.2, 0) is 7.05 Å². The molecule has 0 radical (unpaired) electrons. The molecule has 0 aliphatic carbocycles. The van der Waals surface area contributed by atoms with E-state index in [1.165, 1.54) is 16.8 Å². The van der Waals surface area contributed by atoms with Crippen molar-refractivity contribution in [1.82, 2.24) is 4.57 Å². The van der Waals surface area contributed by atoms with Crippen LogP contribution in [0.15, 0.2) is 38.8 Å². The normalized spacial score (nSPS) is 12.3. The molecule has 0 saturated heterocycles. The summed E-state index contributed by atoms with van der Waals surface area (Å²) in [5, 5.41) is 0. The number of hydrogen-bond donors (Lipinski definition) is 2. The Morgan fingerprint density at radius 3 is 2.93 bits per heavy atom. The van der Waals surface area contributed by atoms with Gasteiger partial charge in [-0.1, -0.05) is 0 Å². The van der Waals surface area contributed by atoms with E-state index in [-0.39, 0.29) is 17.1 Å². The number of aliphatic imine (C=N–C) groups is 1. The molecule has 1 aromatic rings. The molecule has 0 aliphatic heterocycles. The molecule has 1 aromatic heterocycles. The zero-order valence-corrected chi connectivity index (χ0v) is 9.73. The second kappa shape index (κ2) is 4.79. The largest absolute Gasteiger partial charge is 0.404 e. The van der Waals surface area contributed by atoms with E-state index in [0.717, 1.165) is 4.47 Å². The van der Waals surface area contributed by atoms with Crippen molar-refractivity contribution in [3.8, 4) is 0 Å². The van der Waals surface area contributed by atoms with Crippen molar-refractivity contribution in [3.05, 3.63) is 39.4 Å². The van der Waals surface area contributed by atoms with E-state index in [9.17, 15) is 4.79 Å². The van der Waals surface area contributed by atoms with E-state index in [4.69, 9.17) is 11.5 Å². The summed E-state index contributed by atoms with van der Waals surface area (Å²) >= 11 is 3.26. The predicted octanol–water partition coefficient (Wildman–Crippen LogP) is 0.609. The molecule has 1 rings (SSSR count). The molecular weight excluding hydrogens is 260 g/mol. The molecule has 0 unspecified atom stereocenters. The molecule has 6 heteroatoms. The number of aromatic nitrogens is 1. The first kappa shape index (κ1) is 11.5. The maximum atomic E-state index is 11.6. The zero-order chi connectivity index (χ0) is 11.4. The quantitative estimate of drug-likeness (QED) is 0.610. The Kier molecular flexibility index (Phi) is 3.68. The Balaban J connectivity index is 3.27. The van der Waals surface area contributed by atoms with Gasteiger partial charge >= 0.3 is 0 Å². The molecule has 4 N–H and O–H groups in total. The second-order valence-corrected chi connectivity index (χ2v) is 3.77. The molecule has 0 aromatic carbocycles. The summed E-state index contributed by atoms with van der Waals surface area (Å²) in [4.78, 5) is 15.5. The SMILES string of the molecule is Cn1cc(Br)cc(N=C(N)/C=C\N)c1=O. The molecule has 0 atom stereocenters. The van der Waals surface area contributed by atoms with Crippen LogP contribution < -0.4 is 17.0 Å². The number of hydrogen-bond acceptors (Lipinski definition) is 3. The molecule has 0 saturated carbocycles. The van der Waals surface area contributed by atoms with Gasteiger partial charge in [0.1, 0.15) is 11.5 Å². The lowest BCUT2D eigenvalue weighted by Gasteiger charge is -2.00. The van der Waals surface area contributed by atoms with E-state index in [0.29, 0.717) is 0 Å². The van der Waals surface area contributed by atoms with Crippen molar-refractivity contribution >= 4 is 27.5 Å². The van der Waals surface area contributed by atoms with Gasteiger partial charge in [0.15, 0.2) is 0 Å². The minimum Gasteiger partial charge on any atom is -0.404 e. The fourth-order valence-electron chi connectivity index (χ4n) is 1.01.